The average Bonchev–Trinajstić information content (AvgIpc) is 2.27. The molecule has 2 heteroatoms. The average molecular weight is 205 g/mol. The fraction of sp³-hybridized carbons (Fsp3) is 0.385. The van der Waals surface area contributed by atoms with E-state index in [1.54, 1.807) is 7.11 Å². The maximum Gasteiger partial charge on any atom is 0.0652 e. The Morgan fingerprint density at radius 2 is 2.20 bits per heavy atom. The van der Waals surface area contributed by atoms with Crippen LogP contribution in [0.3, 0.4) is 0 Å². The van der Waals surface area contributed by atoms with Crippen LogP contribution in [0.1, 0.15) is 12.5 Å². The fourth-order valence-electron chi connectivity index (χ4n) is 1.67. The Bertz CT molecular complexity index is 409. The standard InChI is InChI=1S/C13H19NO/c1-3-11-5-4-6-12(7-9-14)13(11)8-10-15-2/h3-6,8H,7,9-10,14H2,1-2H3/b11-3-,13-8+. The maximum atomic E-state index is 5.59. The van der Waals surface area contributed by atoms with Crippen molar-refractivity contribution in [3.63, 3.8) is 0 Å². The summed E-state index contributed by atoms with van der Waals surface area (Å²) < 4.78 is 5.08. The van der Waals surface area contributed by atoms with Crippen molar-refractivity contribution in [2.75, 3.05) is 20.3 Å². The minimum absolute atomic E-state index is 0.641. The van der Waals surface area contributed by atoms with Crippen LogP contribution in [0.25, 0.3) is 12.2 Å². The molecule has 1 rings (SSSR count). The monoisotopic (exact) mass is 205 g/mol. The first kappa shape index (κ1) is 12.0. The molecule has 0 aliphatic rings. The molecule has 15 heavy (non-hydrogen) atoms. The first-order valence-electron chi connectivity index (χ1n) is 5.27. The van der Waals surface area contributed by atoms with Gasteiger partial charge in [-0.2, -0.15) is 0 Å². The Morgan fingerprint density at radius 1 is 1.40 bits per heavy atom. The first-order valence-corrected chi connectivity index (χ1v) is 5.27. The second kappa shape index (κ2) is 6.38. The molecule has 0 atom stereocenters. The van der Waals surface area contributed by atoms with E-state index in [2.05, 4.69) is 30.4 Å². The van der Waals surface area contributed by atoms with Crippen molar-refractivity contribution in [2.24, 2.45) is 5.73 Å². The van der Waals surface area contributed by atoms with Crippen LogP contribution in [0.2, 0.25) is 0 Å². The molecule has 0 heterocycles. The van der Waals surface area contributed by atoms with Gasteiger partial charge < -0.3 is 10.5 Å². The number of hydrogen-bond acceptors (Lipinski definition) is 2. The van der Waals surface area contributed by atoms with Gasteiger partial charge in [-0.15, -0.1) is 0 Å². The molecular weight excluding hydrogens is 186 g/mol. The minimum atomic E-state index is 0.641. The maximum absolute atomic E-state index is 5.59. The van der Waals surface area contributed by atoms with Gasteiger partial charge in [0, 0.05) is 7.11 Å². The van der Waals surface area contributed by atoms with Crippen molar-refractivity contribution in [1.29, 1.82) is 0 Å². The van der Waals surface area contributed by atoms with Gasteiger partial charge in [-0.1, -0.05) is 30.4 Å². The second-order valence-corrected chi connectivity index (χ2v) is 3.41. The summed E-state index contributed by atoms with van der Waals surface area (Å²) in [5.41, 5.74) is 6.89. The minimum Gasteiger partial charge on any atom is -0.381 e. The zero-order chi connectivity index (χ0) is 11.1. The fourth-order valence-corrected chi connectivity index (χ4v) is 1.67. The lowest BCUT2D eigenvalue weighted by Gasteiger charge is -2.01. The third-order valence-corrected chi connectivity index (χ3v) is 2.41. The van der Waals surface area contributed by atoms with Crippen LogP contribution in [0.4, 0.5) is 0 Å². The molecule has 0 bridgehead atoms. The molecule has 0 fully saturated rings. The van der Waals surface area contributed by atoms with Gasteiger partial charge in [0.2, 0.25) is 0 Å². The summed E-state index contributed by atoms with van der Waals surface area (Å²) in [7, 11) is 1.71. The van der Waals surface area contributed by atoms with E-state index in [9.17, 15) is 0 Å². The zero-order valence-electron chi connectivity index (χ0n) is 9.49. The third-order valence-electron chi connectivity index (χ3n) is 2.41. The van der Waals surface area contributed by atoms with Crippen LogP contribution in [-0.2, 0) is 11.2 Å². The summed E-state index contributed by atoms with van der Waals surface area (Å²) in [6.45, 7) is 3.37. The molecule has 0 spiro atoms. The van der Waals surface area contributed by atoms with Gasteiger partial charge in [0.05, 0.1) is 6.61 Å². The van der Waals surface area contributed by atoms with E-state index in [4.69, 9.17) is 10.5 Å². The van der Waals surface area contributed by atoms with Crippen LogP contribution < -0.4 is 16.2 Å². The SMILES string of the molecule is C/C=c1/cccc(CCN)/c1=C/COC. The van der Waals surface area contributed by atoms with Crippen LogP contribution in [-0.4, -0.2) is 20.3 Å². The summed E-state index contributed by atoms with van der Waals surface area (Å²) >= 11 is 0. The Kier molecular flexibility index (Phi) is 5.08. The van der Waals surface area contributed by atoms with Gasteiger partial charge in [0.1, 0.15) is 0 Å². The molecule has 2 nitrogen and oxygen atoms in total. The van der Waals surface area contributed by atoms with E-state index >= 15 is 0 Å². The number of nitrogens with two attached hydrogens (primary N) is 1. The van der Waals surface area contributed by atoms with Gasteiger partial charge in [0.25, 0.3) is 0 Å². The topological polar surface area (TPSA) is 35.2 Å². The van der Waals surface area contributed by atoms with Crippen molar-refractivity contribution < 1.29 is 4.74 Å². The Balaban J connectivity index is 3.28. The number of methoxy groups -OCH3 is 1. The molecular formula is C13H19NO. The van der Waals surface area contributed by atoms with Crippen molar-refractivity contribution in [3.05, 3.63) is 34.2 Å². The molecule has 0 radical (unpaired) electrons. The number of ether oxygens (including phenoxy) is 1. The van der Waals surface area contributed by atoms with Crippen molar-refractivity contribution in [2.45, 2.75) is 13.3 Å². The molecule has 0 aliphatic carbocycles. The van der Waals surface area contributed by atoms with Gasteiger partial charge in [-0.05, 0) is 35.9 Å². The summed E-state index contributed by atoms with van der Waals surface area (Å²) in [4.78, 5) is 0. The molecule has 0 unspecified atom stereocenters. The van der Waals surface area contributed by atoms with Gasteiger partial charge in [-0.3, -0.25) is 0 Å². The van der Waals surface area contributed by atoms with Crippen molar-refractivity contribution >= 4 is 12.2 Å². The molecule has 0 saturated carbocycles. The largest absolute Gasteiger partial charge is 0.381 e. The summed E-state index contributed by atoms with van der Waals surface area (Å²) in [6.07, 6.45) is 5.14. The van der Waals surface area contributed by atoms with Gasteiger partial charge >= 0.3 is 0 Å². The predicted molar refractivity (Wildman–Crippen MR) is 64.9 cm³/mol. The van der Waals surface area contributed by atoms with Crippen molar-refractivity contribution in [1.82, 2.24) is 0 Å². The quantitative estimate of drug-likeness (QED) is 0.773. The molecule has 0 aliphatic heterocycles. The van der Waals surface area contributed by atoms with Crippen LogP contribution in [0.15, 0.2) is 18.2 Å². The smallest absolute Gasteiger partial charge is 0.0652 e. The normalized spacial score (nSPS) is 13.5. The molecule has 0 aromatic heterocycles. The Hall–Kier alpha value is -1.12. The third kappa shape index (κ3) is 3.18. The lowest BCUT2D eigenvalue weighted by Crippen LogP contribution is -2.29. The summed E-state index contributed by atoms with van der Waals surface area (Å²) in [5, 5.41) is 2.50. The molecule has 82 valence electrons. The number of benzene rings is 1. The molecule has 1 aromatic carbocycles. The highest BCUT2D eigenvalue weighted by molar-refractivity contribution is 5.35. The number of rotatable bonds is 4. The van der Waals surface area contributed by atoms with E-state index < -0.39 is 0 Å². The van der Waals surface area contributed by atoms with E-state index in [-0.39, 0.29) is 0 Å². The Labute approximate surface area is 91.1 Å². The molecule has 0 amide bonds. The first-order chi connectivity index (χ1) is 7.33. The Morgan fingerprint density at radius 3 is 2.80 bits per heavy atom. The highest BCUT2D eigenvalue weighted by atomic mass is 16.5. The zero-order valence-corrected chi connectivity index (χ0v) is 9.49. The lowest BCUT2D eigenvalue weighted by molar-refractivity contribution is 0.243. The number of hydrogen-bond donors (Lipinski definition) is 1. The predicted octanol–water partition coefficient (Wildman–Crippen LogP) is 0.415. The van der Waals surface area contributed by atoms with Crippen LogP contribution >= 0.6 is 0 Å². The van der Waals surface area contributed by atoms with E-state index in [1.165, 1.54) is 16.0 Å². The summed E-state index contributed by atoms with van der Waals surface area (Å²) in [6, 6.07) is 6.31. The molecule has 1 aromatic rings. The van der Waals surface area contributed by atoms with Gasteiger partial charge in [0.15, 0.2) is 0 Å². The van der Waals surface area contributed by atoms with Gasteiger partial charge in [-0.25, -0.2) is 0 Å². The highest BCUT2D eigenvalue weighted by Crippen LogP contribution is 1.89. The van der Waals surface area contributed by atoms with Crippen molar-refractivity contribution in [3.8, 4) is 0 Å². The van der Waals surface area contributed by atoms with E-state index in [0.717, 1.165) is 6.42 Å². The molecule has 0 saturated heterocycles. The van der Waals surface area contributed by atoms with E-state index in [1.807, 2.05) is 6.92 Å². The van der Waals surface area contributed by atoms with Crippen LogP contribution in [0.5, 0.6) is 0 Å². The second-order valence-electron chi connectivity index (χ2n) is 3.41. The molecule has 2 N–H and O–H groups in total. The highest BCUT2D eigenvalue weighted by Gasteiger charge is 1.94. The summed E-state index contributed by atoms with van der Waals surface area (Å²) in [5.74, 6) is 0. The van der Waals surface area contributed by atoms with Crippen LogP contribution in [0, 0.1) is 0 Å². The lowest BCUT2D eigenvalue weighted by atomic mass is 10.1. The van der Waals surface area contributed by atoms with E-state index in [0.29, 0.717) is 13.2 Å².